The Morgan fingerprint density at radius 1 is 1.11 bits per heavy atom. The van der Waals surface area contributed by atoms with E-state index in [1.165, 1.54) is 12.1 Å². The van der Waals surface area contributed by atoms with Gasteiger partial charge in [0, 0.05) is 4.90 Å². The average molecular weight is 274 g/mol. The van der Waals surface area contributed by atoms with Crippen molar-refractivity contribution in [2.75, 3.05) is 0 Å². The largest absolute Gasteiger partial charge is 0.478 e. The van der Waals surface area contributed by atoms with Gasteiger partial charge in [-0.25, -0.2) is 4.79 Å². The third-order valence-electron chi connectivity index (χ3n) is 2.91. The van der Waals surface area contributed by atoms with Crippen molar-refractivity contribution in [2.24, 2.45) is 0 Å². The van der Waals surface area contributed by atoms with Gasteiger partial charge in [-0.05, 0) is 42.3 Å². The van der Waals surface area contributed by atoms with Gasteiger partial charge in [-0.1, -0.05) is 24.3 Å². The lowest BCUT2D eigenvalue weighted by molar-refractivity contribution is 0.0697. The van der Waals surface area contributed by atoms with Crippen LogP contribution >= 0.6 is 0 Å². The number of carboxylic acids is 1. The predicted octanol–water partition coefficient (Wildman–Crippen LogP) is 3.00. The van der Waals surface area contributed by atoms with E-state index in [-0.39, 0.29) is 5.56 Å². The molecule has 0 aromatic heterocycles. The fourth-order valence-corrected chi connectivity index (χ4v) is 2.96. The molecule has 4 heteroatoms. The van der Waals surface area contributed by atoms with Crippen molar-refractivity contribution in [2.45, 2.75) is 17.6 Å². The third-order valence-corrected chi connectivity index (χ3v) is 4.28. The molecule has 3 nitrogen and oxygen atoms in total. The van der Waals surface area contributed by atoms with Crippen LogP contribution in [0.5, 0.6) is 0 Å². The third kappa shape index (κ3) is 3.29. The number of aromatic carboxylic acids is 1. The van der Waals surface area contributed by atoms with Crippen LogP contribution in [0.25, 0.3) is 0 Å². The van der Waals surface area contributed by atoms with Gasteiger partial charge in [0.2, 0.25) is 0 Å². The van der Waals surface area contributed by atoms with Gasteiger partial charge in [-0.2, -0.15) is 0 Å². The molecule has 0 bridgehead atoms. The van der Waals surface area contributed by atoms with E-state index in [1.54, 1.807) is 12.1 Å². The maximum atomic E-state index is 12.2. The van der Waals surface area contributed by atoms with E-state index in [0.717, 1.165) is 11.1 Å². The molecule has 0 heterocycles. The molecular formula is C15H14O3S. The van der Waals surface area contributed by atoms with E-state index >= 15 is 0 Å². The summed E-state index contributed by atoms with van der Waals surface area (Å²) in [6.45, 7) is 1.99. The first-order valence-electron chi connectivity index (χ1n) is 5.84. The quantitative estimate of drug-likeness (QED) is 0.932. The van der Waals surface area contributed by atoms with Crippen molar-refractivity contribution >= 4 is 16.8 Å². The molecule has 0 radical (unpaired) electrons. The van der Waals surface area contributed by atoms with Gasteiger partial charge in [0.25, 0.3) is 0 Å². The summed E-state index contributed by atoms with van der Waals surface area (Å²) in [6.07, 6.45) is 0. The summed E-state index contributed by atoms with van der Waals surface area (Å²) in [5, 5.41) is 8.81. The van der Waals surface area contributed by atoms with Crippen LogP contribution in [-0.4, -0.2) is 15.3 Å². The summed E-state index contributed by atoms with van der Waals surface area (Å²) < 4.78 is 12.2. The van der Waals surface area contributed by atoms with E-state index < -0.39 is 16.8 Å². The standard InChI is InChI=1S/C15H14O3S/c1-11-4-2-3-5-13(11)10-19(18)14-8-6-12(7-9-14)15(16)17/h2-9H,10H2,1H3,(H,16,17). The summed E-state index contributed by atoms with van der Waals surface area (Å²) in [4.78, 5) is 11.4. The van der Waals surface area contributed by atoms with Crippen molar-refractivity contribution in [3.05, 3.63) is 65.2 Å². The van der Waals surface area contributed by atoms with Crippen LogP contribution < -0.4 is 0 Å². The number of hydrogen-bond donors (Lipinski definition) is 1. The number of rotatable bonds is 4. The number of aryl methyl sites for hydroxylation is 1. The molecule has 0 fully saturated rings. The average Bonchev–Trinajstić information content (AvgIpc) is 2.41. The Kier molecular flexibility index (Phi) is 4.12. The zero-order chi connectivity index (χ0) is 13.8. The highest BCUT2D eigenvalue weighted by molar-refractivity contribution is 7.84. The highest BCUT2D eigenvalue weighted by atomic mass is 32.2. The molecule has 0 aliphatic heterocycles. The van der Waals surface area contributed by atoms with Gasteiger partial charge in [-0.15, -0.1) is 0 Å². The first kappa shape index (κ1) is 13.5. The molecule has 0 aliphatic rings. The Hall–Kier alpha value is -1.94. The second-order valence-corrected chi connectivity index (χ2v) is 5.70. The summed E-state index contributed by atoms with van der Waals surface area (Å²) in [5.41, 5.74) is 2.36. The minimum absolute atomic E-state index is 0.205. The summed E-state index contributed by atoms with van der Waals surface area (Å²) in [5.74, 6) is -0.532. The van der Waals surface area contributed by atoms with Crippen LogP contribution in [0.15, 0.2) is 53.4 Å². The molecule has 0 spiro atoms. The van der Waals surface area contributed by atoms with E-state index in [4.69, 9.17) is 5.11 Å². The Bertz CT molecular complexity index is 618. The number of carboxylic acid groups (broad SMARTS) is 1. The Morgan fingerprint density at radius 3 is 2.32 bits per heavy atom. The second-order valence-electron chi connectivity index (χ2n) is 4.25. The molecule has 0 aliphatic carbocycles. The van der Waals surface area contributed by atoms with Gasteiger partial charge in [0.15, 0.2) is 0 Å². The Labute approximate surface area is 114 Å². The smallest absolute Gasteiger partial charge is 0.335 e. The monoisotopic (exact) mass is 274 g/mol. The van der Waals surface area contributed by atoms with Crippen LogP contribution in [-0.2, 0) is 16.6 Å². The van der Waals surface area contributed by atoms with Crippen LogP contribution in [0.1, 0.15) is 21.5 Å². The SMILES string of the molecule is Cc1ccccc1CS(=O)c1ccc(C(=O)O)cc1. The molecule has 0 saturated carbocycles. The lowest BCUT2D eigenvalue weighted by atomic mass is 10.1. The van der Waals surface area contributed by atoms with Crippen LogP contribution in [0.3, 0.4) is 0 Å². The number of benzene rings is 2. The van der Waals surface area contributed by atoms with Gasteiger partial charge in [-0.3, -0.25) is 4.21 Å². The van der Waals surface area contributed by atoms with Crippen molar-refractivity contribution in [3.8, 4) is 0 Å². The van der Waals surface area contributed by atoms with Gasteiger partial charge in [0.1, 0.15) is 0 Å². The minimum Gasteiger partial charge on any atom is -0.478 e. The maximum Gasteiger partial charge on any atom is 0.335 e. The lowest BCUT2D eigenvalue weighted by Gasteiger charge is -2.06. The molecule has 98 valence electrons. The van der Waals surface area contributed by atoms with Crippen molar-refractivity contribution in [1.29, 1.82) is 0 Å². The fourth-order valence-electron chi connectivity index (χ4n) is 1.75. The highest BCUT2D eigenvalue weighted by Gasteiger charge is 2.08. The van der Waals surface area contributed by atoms with Gasteiger partial charge < -0.3 is 5.11 Å². The minimum atomic E-state index is -1.16. The zero-order valence-corrected chi connectivity index (χ0v) is 11.3. The van der Waals surface area contributed by atoms with E-state index in [0.29, 0.717) is 10.6 Å². The van der Waals surface area contributed by atoms with Crippen molar-refractivity contribution in [3.63, 3.8) is 0 Å². The van der Waals surface area contributed by atoms with Crippen molar-refractivity contribution in [1.82, 2.24) is 0 Å². The van der Waals surface area contributed by atoms with Gasteiger partial charge >= 0.3 is 5.97 Å². The lowest BCUT2D eigenvalue weighted by Crippen LogP contribution is -2.00. The topological polar surface area (TPSA) is 54.4 Å². The number of carbonyl (C=O) groups is 1. The van der Waals surface area contributed by atoms with Crippen LogP contribution in [0.2, 0.25) is 0 Å². The molecule has 1 atom stereocenters. The van der Waals surface area contributed by atoms with Crippen LogP contribution in [0, 0.1) is 6.92 Å². The van der Waals surface area contributed by atoms with E-state index in [9.17, 15) is 9.00 Å². The fraction of sp³-hybridized carbons (Fsp3) is 0.133. The first-order valence-corrected chi connectivity index (χ1v) is 7.16. The van der Waals surface area contributed by atoms with Crippen molar-refractivity contribution < 1.29 is 14.1 Å². The summed E-state index contributed by atoms with van der Waals surface area (Å²) in [7, 11) is -1.16. The molecule has 2 rings (SSSR count). The molecular weight excluding hydrogens is 260 g/mol. The second kappa shape index (κ2) is 5.80. The molecule has 2 aromatic rings. The zero-order valence-electron chi connectivity index (χ0n) is 10.5. The highest BCUT2D eigenvalue weighted by Crippen LogP contribution is 2.16. The van der Waals surface area contributed by atoms with Gasteiger partial charge in [0.05, 0.1) is 22.1 Å². The normalized spacial score (nSPS) is 12.1. The molecule has 19 heavy (non-hydrogen) atoms. The Balaban J connectivity index is 2.16. The number of hydrogen-bond acceptors (Lipinski definition) is 2. The van der Waals surface area contributed by atoms with E-state index in [2.05, 4.69) is 0 Å². The Morgan fingerprint density at radius 2 is 1.74 bits per heavy atom. The summed E-state index contributed by atoms with van der Waals surface area (Å²) >= 11 is 0. The van der Waals surface area contributed by atoms with Crippen LogP contribution in [0.4, 0.5) is 0 Å². The maximum absolute atomic E-state index is 12.2. The molecule has 1 unspecified atom stereocenters. The molecule has 0 amide bonds. The summed E-state index contributed by atoms with van der Waals surface area (Å²) in [6, 6.07) is 14.0. The molecule has 2 aromatic carbocycles. The first-order chi connectivity index (χ1) is 9.08. The molecule has 1 N–H and O–H groups in total. The predicted molar refractivity (Wildman–Crippen MR) is 74.7 cm³/mol. The molecule has 0 saturated heterocycles. The van der Waals surface area contributed by atoms with E-state index in [1.807, 2.05) is 31.2 Å².